The Hall–Kier alpha value is -0.510. The standard InChI is InChI=1S/C11H7Br2F2NO2S2/c1-5-9(4-10(13)19-5)20(17,18)16-11-7(14)2-6(12)3-8(11)15/h2-4,16H,1H3. The lowest BCUT2D eigenvalue weighted by Crippen LogP contribution is -2.15. The molecule has 0 aliphatic heterocycles. The normalized spacial score (nSPS) is 11.7. The lowest BCUT2D eigenvalue weighted by molar-refractivity contribution is 0.582. The second-order valence-electron chi connectivity index (χ2n) is 3.82. The van der Waals surface area contributed by atoms with Crippen molar-refractivity contribution in [2.24, 2.45) is 0 Å². The van der Waals surface area contributed by atoms with E-state index in [-0.39, 0.29) is 9.37 Å². The number of benzene rings is 1. The number of sulfonamides is 1. The van der Waals surface area contributed by atoms with E-state index in [1.807, 2.05) is 4.72 Å². The summed E-state index contributed by atoms with van der Waals surface area (Å²) in [6.07, 6.45) is 0. The molecule has 0 saturated heterocycles. The quantitative estimate of drug-likeness (QED) is 0.745. The average molecular weight is 447 g/mol. The predicted octanol–water partition coefficient (Wildman–Crippen LogP) is 4.66. The van der Waals surface area contributed by atoms with Crippen molar-refractivity contribution >= 4 is 58.9 Å². The molecule has 20 heavy (non-hydrogen) atoms. The van der Waals surface area contributed by atoms with Gasteiger partial charge in [-0.3, -0.25) is 4.72 Å². The Kier molecular flexibility index (Phi) is 4.53. The van der Waals surface area contributed by atoms with Crippen LogP contribution in [-0.4, -0.2) is 8.42 Å². The number of thiophene rings is 1. The van der Waals surface area contributed by atoms with E-state index in [2.05, 4.69) is 31.9 Å². The van der Waals surface area contributed by atoms with Gasteiger partial charge in [0.25, 0.3) is 10.0 Å². The molecule has 3 nitrogen and oxygen atoms in total. The molecule has 0 aliphatic rings. The van der Waals surface area contributed by atoms with E-state index in [1.54, 1.807) is 6.92 Å². The Morgan fingerprint density at radius 3 is 2.15 bits per heavy atom. The second-order valence-corrected chi connectivity index (χ2v) is 9.02. The maximum atomic E-state index is 13.7. The summed E-state index contributed by atoms with van der Waals surface area (Å²) in [6, 6.07) is 3.35. The summed E-state index contributed by atoms with van der Waals surface area (Å²) in [5.41, 5.74) is -0.699. The van der Waals surface area contributed by atoms with Gasteiger partial charge in [-0.1, -0.05) is 15.9 Å². The van der Waals surface area contributed by atoms with Crippen LogP contribution in [0.15, 0.2) is 31.4 Å². The van der Waals surface area contributed by atoms with Crippen LogP contribution < -0.4 is 4.72 Å². The highest BCUT2D eigenvalue weighted by Gasteiger charge is 2.23. The molecule has 2 rings (SSSR count). The Balaban J connectivity index is 2.46. The summed E-state index contributed by atoms with van der Waals surface area (Å²) in [5.74, 6) is -1.99. The van der Waals surface area contributed by atoms with Crippen LogP contribution in [0.3, 0.4) is 0 Å². The summed E-state index contributed by atoms with van der Waals surface area (Å²) in [5, 5.41) is 0. The molecule has 108 valence electrons. The maximum absolute atomic E-state index is 13.7. The van der Waals surface area contributed by atoms with Crippen molar-refractivity contribution < 1.29 is 17.2 Å². The highest BCUT2D eigenvalue weighted by Crippen LogP contribution is 2.32. The number of hydrogen-bond acceptors (Lipinski definition) is 3. The smallest absolute Gasteiger partial charge is 0.263 e. The minimum Gasteiger partial charge on any atom is -0.274 e. The van der Waals surface area contributed by atoms with Crippen molar-refractivity contribution in [3.63, 3.8) is 0 Å². The lowest BCUT2D eigenvalue weighted by Gasteiger charge is -2.10. The lowest BCUT2D eigenvalue weighted by atomic mass is 10.3. The molecule has 9 heteroatoms. The SMILES string of the molecule is Cc1sc(Br)cc1S(=O)(=O)Nc1c(F)cc(Br)cc1F. The molecule has 1 aromatic heterocycles. The minimum atomic E-state index is -4.05. The summed E-state index contributed by atoms with van der Waals surface area (Å²) < 4.78 is 54.4. The highest BCUT2D eigenvalue weighted by atomic mass is 79.9. The van der Waals surface area contributed by atoms with Gasteiger partial charge < -0.3 is 0 Å². The monoisotopic (exact) mass is 445 g/mol. The van der Waals surface area contributed by atoms with Gasteiger partial charge in [-0.05, 0) is 41.1 Å². The molecule has 0 saturated carbocycles. The van der Waals surface area contributed by atoms with Crippen molar-refractivity contribution in [3.05, 3.63) is 43.0 Å². The van der Waals surface area contributed by atoms with Crippen LogP contribution in [0, 0.1) is 18.6 Å². The molecule has 0 fully saturated rings. The first-order chi connectivity index (χ1) is 9.20. The van der Waals surface area contributed by atoms with E-state index in [4.69, 9.17) is 0 Å². The van der Waals surface area contributed by atoms with Crippen LogP contribution in [0.4, 0.5) is 14.5 Å². The van der Waals surface area contributed by atoms with Crippen LogP contribution in [0.2, 0.25) is 0 Å². The Morgan fingerprint density at radius 1 is 1.15 bits per heavy atom. The van der Waals surface area contributed by atoms with Gasteiger partial charge in [0, 0.05) is 9.35 Å². The molecule has 0 spiro atoms. The fourth-order valence-corrected chi connectivity index (χ4v) is 5.42. The number of nitrogens with one attached hydrogen (secondary N) is 1. The molecular formula is C11H7Br2F2NO2S2. The summed E-state index contributed by atoms with van der Waals surface area (Å²) in [4.78, 5) is 0.499. The molecule has 0 radical (unpaired) electrons. The minimum absolute atomic E-state index is 0.0175. The third-order valence-electron chi connectivity index (χ3n) is 2.37. The van der Waals surface area contributed by atoms with Crippen molar-refractivity contribution in [3.8, 4) is 0 Å². The first-order valence-corrected chi connectivity index (χ1v) is 9.02. The van der Waals surface area contributed by atoms with E-state index < -0.39 is 27.3 Å². The Bertz CT molecular complexity index is 752. The van der Waals surface area contributed by atoms with Crippen LogP contribution >= 0.6 is 43.2 Å². The zero-order valence-electron chi connectivity index (χ0n) is 9.88. The number of anilines is 1. The molecule has 1 aromatic carbocycles. The molecule has 1 heterocycles. The largest absolute Gasteiger partial charge is 0.274 e. The molecule has 2 aromatic rings. The van der Waals surface area contributed by atoms with E-state index >= 15 is 0 Å². The molecule has 0 bridgehead atoms. The fourth-order valence-electron chi connectivity index (χ4n) is 1.53. The zero-order valence-corrected chi connectivity index (χ0v) is 14.7. The number of aryl methyl sites for hydroxylation is 1. The zero-order chi connectivity index (χ0) is 15.1. The molecule has 0 amide bonds. The van der Waals surface area contributed by atoms with E-state index in [1.165, 1.54) is 17.4 Å². The van der Waals surface area contributed by atoms with Crippen molar-refractivity contribution in [2.75, 3.05) is 4.72 Å². The van der Waals surface area contributed by atoms with Crippen LogP contribution in [0.25, 0.3) is 0 Å². The van der Waals surface area contributed by atoms with Crippen molar-refractivity contribution in [1.82, 2.24) is 0 Å². The van der Waals surface area contributed by atoms with Crippen molar-refractivity contribution in [2.45, 2.75) is 11.8 Å². The highest BCUT2D eigenvalue weighted by molar-refractivity contribution is 9.11. The summed E-state index contributed by atoms with van der Waals surface area (Å²) in [7, 11) is -4.05. The van der Waals surface area contributed by atoms with Crippen LogP contribution in [0.1, 0.15) is 4.88 Å². The van der Waals surface area contributed by atoms with Gasteiger partial charge in [-0.25, -0.2) is 17.2 Å². The average Bonchev–Trinajstić information content (AvgIpc) is 2.64. The Morgan fingerprint density at radius 2 is 1.70 bits per heavy atom. The number of hydrogen-bond donors (Lipinski definition) is 1. The number of halogens is 4. The van der Waals surface area contributed by atoms with Gasteiger partial charge in [0.05, 0.1) is 3.79 Å². The first-order valence-electron chi connectivity index (χ1n) is 5.14. The first kappa shape index (κ1) is 15.9. The number of rotatable bonds is 3. The predicted molar refractivity (Wildman–Crippen MR) is 81.6 cm³/mol. The van der Waals surface area contributed by atoms with Gasteiger partial charge >= 0.3 is 0 Å². The van der Waals surface area contributed by atoms with E-state index in [0.29, 0.717) is 8.66 Å². The van der Waals surface area contributed by atoms with E-state index in [0.717, 1.165) is 12.1 Å². The van der Waals surface area contributed by atoms with Gasteiger partial charge in [0.2, 0.25) is 0 Å². The summed E-state index contributed by atoms with van der Waals surface area (Å²) in [6.45, 7) is 1.61. The molecule has 0 unspecified atom stereocenters. The third-order valence-corrected chi connectivity index (χ3v) is 5.99. The molecule has 0 atom stereocenters. The molecule has 0 aliphatic carbocycles. The van der Waals surface area contributed by atoms with Crippen LogP contribution in [-0.2, 0) is 10.0 Å². The second kappa shape index (κ2) is 5.70. The fraction of sp³-hybridized carbons (Fsp3) is 0.0909. The van der Waals surface area contributed by atoms with Gasteiger partial charge in [0.15, 0.2) is 11.6 Å². The third kappa shape index (κ3) is 3.21. The Labute approximate surface area is 135 Å². The van der Waals surface area contributed by atoms with Crippen LogP contribution in [0.5, 0.6) is 0 Å². The van der Waals surface area contributed by atoms with Gasteiger partial charge in [0.1, 0.15) is 10.6 Å². The molecular weight excluding hydrogens is 440 g/mol. The molecule has 1 N–H and O–H groups in total. The summed E-state index contributed by atoms with van der Waals surface area (Å²) >= 11 is 7.32. The van der Waals surface area contributed by atoms with Gasteiger partial charge in [-0.2, -0.15) is 0 Å². The van der Waals surface area contributed by atoms with Gasteiger partial charge in [-0.15, -0.1) is 11.3 Å². The van der Waals surface area contributed by atoms with Crippen molar-refractivity contribution in [1.29, 1.82) is 0 Å². The maximum Gasteiger partial charge on any atom is 0.263 e. The topological polar surface area (TPSA) is 46.2 Å². The van der Waals surface area contributed by atoms with E-state index in [9.17, 15) is 17.2 Å².